The number of aliphatic hydroxyl groups is 1. The number of thiophene rings is 1. The van der Waals surface area contributed by atoms with Crippen LogP contribution in [-0.2, 0) is 24.1 Å². The van der Waals surface area contributed by atoms with E-state index in [9.17, 15) is 36.6 Å². The lowest BCUT2D eigenvalue weighted by Crippen LogP contribution is -2.21. The van der Waals surface area contributed by atoms with Gasteiger partial charge in [-0.15, -0.1) is 11.3 Å². The average Bonchev–Trinajstić information content (AvgIpc) is 3.43. The van der Waals surface area contributed by atoms with Gasteiger partial charge in [0.25, 0.3) is 5.56 Å². The lowest BCUT2D eigenvalue weighted by atomic mass is 10.0. The van der Waals surface area contributed by atoms with E-state index in [1.54, 1.807) is 0 Å². The number of carbonyl (C=O) groups excluding carboxylic acids is 1. The molecule has 0 spiro atoms. The van der Waals surface area contributed by atoms with Crippen molar-refractivity contribution < 1.29 is 31.9 Å². The summed E-state index contributed by atoms with van der Waals surface area (Å²) in [4.78, 5) is 25.4. The van der Waals surface area contributed by atoms with Gasteiger partial charge in [0.2, 0.25) is 0 Å². The number of carbonyl (C=O) groups is 1. The molecule has 0 radical (unpaired) electrons. The molecule has 0 aliphatic carbocycles. The molecule has 1 aromatic carbocycles. The number of hydrogen-bond donors (Lipinski definition) is 1. The first-order valence-electron chi connectivity index (χ1n) is 10.9. The average molecular weight is 519 g/mol. The fourth-order valence-electron chi connectivity index (χ4n) is 3.59. The number of benzene rings is 1. The molecule has 1 unspecified atom stereocenters. The number of aldehydes is 1. The van der Waals surface area contributed by atoms with Gasteiger partial charge < -0.3 is 19.4 Å². The number of aliphatic hydroxyl groups excluding tert-OH is 1. The van der Waals surface area contributed by atoms with Gasteiger partial charge in [-0.25, -0.2) is 8.78 Å². The summed E-state index contributed by atoms with van der Waals surface area (Å²) in [6, 6.07) is 2.49. The van der Waals surface area contributed by atoms with Gasteiger partial charge in [-0.05, 0) is 31.2 Å². The van der Waals surface area contributed by atoms with E-state index >= 15 is 0 Å². The first kappa shape index (κ1) is 28.6. The third kappa shape index (κ3) is 6.74. The van der Waals surface area contributed by atoms with Crippen LogP contribution in [0.4, 0.5) is 22.0 Å². The molecule has 1 aliphatic heterocycles. The molecule has 5 nitrogen and oxygen atoms in total. The van der Waals surface area contributed by atoms with Crippen LogP contribution in [0.2, 0.25) is 0 Å². The third-order valence-electron chi connectivity index (χ3n) is 5.23. The lowest BCUT2D eigenvalue weighted by molar-refractivity contribution is -0.139. The third-order valence-corrected chi connectivity index (χ3v) is 6.28. The number of alkyl halides is 4. The highest BCUT2D eigenvalue weighted by Gasteiger charge is 2.34. The van der Waals surface area contributed by atoms with Crippen molar-refractivity contribution in [1.29, 1.82) is 0 Å². The highest BCUT2D eigenvalue weighted by atomic mass is 32.1. The molecule has 0 amide bonds. The molecule has 1 fully saturated rings. The van der Waals surface area contributed by atoms with E-state index in [1.807, 2.05) is 25.8 Å². The Bertz CT molecular complexity index is 1200. The van der Waals surface area contributed by atoms with Crippen LogP contribution in [0.3, 0.4) is 0 Å². The van der Waals surface area contributed by atoms with Gasteiger partial charge in [-0.2, -0.15) is 13.2 Å². The van der Waals surface area contributed by atoms with Crippen LogP contribution >= 0.6 is 11.3 Å². The van der Waals surface area contributed by atoms with Crippen LogP contribution in [0.5, 0.6) is 0 Å². The van der Waals surface area contributed by atoms with E-state index in [0.29, 0.717) is 35.2 Å². The Hall–Kier alpha value is -2.63. The second-order valence-corrected chi connectivity index (χ2v) is 8.51. The van der Waals surface area contributed by atoms with Crippen molar-refractivity contribution in [2.24, 2.45) is 0 Å². The topological polar surface area (TPSA) is 62.5 Å². The summed E-state index contributed by atoms with van der Waals surface area (Å²) in [5.74, 6) is -1.41. The largest absolute Gasteiger partial charge is 0.419 e. The van der Waals surface area contributed by atoms with Crippen LogP contribution in [0.1, 0.15) is 31.4 Å². The first-order chi connectivity index (χ1) is 16.6. The molecule has 3 aromatic rings. The summed E-state index contributed by atoms with van der Waals surface area (Å²) >= 11 is 1.08. The predicted molar refractivity (Wildman–Crippen MR) is 127 cm³/mol. The highest BCUT2D eigenvalue weighted by molar-refractivity contribution is 7.18. The maximum Gasteiger partial charge on any atom is 0.419 e. The molecule has 0 saturated carbocycles. The Morgan fingerprint density at radius 2 is 1.94 bits per heavy atom. The Kier molecular flexibility index (Phi) is 10.1. The van der Waals surface area contributed by atoms with Crippen LogP contribution in [0.25, 0.3) is 21.2 Å². The lowest BCUT2D eigenvalue weighted by Gasteiger charge is -2.10. The molecule has 0 bridgehead atoms. The maximum absolute atomic E-state index is 13.5. The van der Waals surface area contributed by atoms with Crippen molar-refractivity contribution >= 4 is 27.7 Å². The number of likely N-dealkylation sites (tertiary alicyclic amines) is 1. The van der Waals surface area contributed by atoms with Crippen LogP contribution < -0.4 is 5.56 Å². The summed E-state index contributed by atoms with van der Waals surface area (Å²) in [7, 11) is 1.94. The molecular weight excluding hydrogens is 491 g/mol. The first-order valence-corrected chi connectivity index (χ1v) is 11.8. The number of hydrogen-bond acceptors (Lipinski definition) is 5. The monoisotopic (exact) mass is 518 g/mol. The fourth-order valence-corrected chi connectivity index (χ4v) is 4.66. The van der Waals surface area contributed by atoms with Crippen LogP contribution in [0, 0.1) is 5.82 Å². The standard InChI is InChI=1S/C17H11F4NO3S.C5H10FN.C2H6/c18-13-2-1-9(5-12(13)17(19,20)21)11-8-26-15-10(7-24)6-22(3-4-23)16(25)14(11)15;1-7-3-2-5(6)4-7;1-2/h1-2,4-6,8,24H,3,7H2;5H,2-4H2,1H3;1-2H3. The minimum Gasteiger partial charge on any atom is -0.392 e. The Morgan fingerprint density at radius 1 is 1.26 bits per heavy atom. The molecule has 3 heterocycles. The molecule has 1 saturated heterocycles. The zero-order valence-corrected chi connectivity index (χ0v) is 20.3. The molecule has 1 atom stereocenters. The number of aromatic nitrogens is 1. The zero-order chi connectivity index (χ0) is 26.3. The van der Waals surface area contributed by atoms with Crippen molar-refractivity contribution in [3.05, 3.63) is 57.1 Å². The minimum absolute atomic E-state index is 0.0230. The molecule has 1 N–H and O–H groups in total. The van der Waals surface area contributed by atoms with Crippen molar-refractivity contribution in [3.8, 4) is 11.1 Å². The quantitative estimate of drug-likeness (QED) is 0.378. The van der Waals surface area contributed by atoms with Crippen molar-refractivity contribution in [1.82, 2.24) is 9.47 Å². The van der Waals surface area contributed by atoms with E-state index in [0.717, 1.165) is 34.9 Å². The summed E-state index contributed by atoms with van der Waals surface area (Å²) < 4.78 is 66.1. The van der Waals surface area contributed by atoms with E-state index in [2.05, 4.69) is 0 Å². The summed E-state index contributed by atoms with van der Waals surface area (Å²) in [5, 5.41) is 11.1. The van der Waals surface area contributed by atoms with E-state index in [-0.39, 0.29) is 23.1 Å². The van der Waals surface area contributed by atoms with Gasteiger partial charge in [0, 0.05) is 40.5 Å². The van der Waals surface area contributed by atoms with Crippen LogP contribution in [-0.4, -0.2) is 47.2 Å². The Balaban J connectivity index is 0.000000407. The van der Waals surface area contributed by atoms with Gasteiger partial charge in [0.15, 0.2) is 0 Å². The number of nitrogens with zero attached hydrogens (tertiary/aromatic N) is 2. The second-order valence-electron chi connectivity index (χ2n) is 7.63. The van der Waals surface area contributed by atoms with Gasteiger partial charge >= 0.3 is 6.18 Å². The smallest absolute Gasteiger partial charge is 0.392 e. The van der Waals surface area contributed by atoms with Crippen molar-refractivity contribution in [3.63, 3.8) is 0 Å². The Labute approximate surface area is 203 Å². The van der Waals surface area contributed by atoms with E-state index in [1.165, 1.54) is 11.6 Å². The minimum atomic E-state index is -4.88. The fraction of sp³-hybridized carbons (Fsp3) is 0.417. The number of pyridine rings is 1. The van der Waals surface area contributed by atoms with Gasteiger partial charge in [0.1, 0.15) is 18.3 Å². The zero-order valence-electron chi connectivity index (χ0n) is 19.5. The molecule has 11 heteroatoms. The molecule has 1 aliphatic rings. The highest BCUT2D eigenvalue weighted by Crippen LogP contribution is 2.38. The van der Waals surface area contributed by atoms with Gasteiger partial charge in [-0.1, -0.05) is 19.9 Å². The Morgan fingerprint density at radius 3 is 2.43 bits per heavy atom. The molecule has 2 aromatic heterocycles. The number of halogens is 5. The molecule has 192 valence electrons. The molecule has 35 heavy (non-hydrogen) atoms. The predicted octanol–water partition coefficient (Wildman–Crippen LogP) is 5.27. The van der Waals surface area contributed by atoms with Crippen LogP contribution in [0.15, 0.2) is 34.6 Å². The van der Waals surface area contributed by atoms with Crippen molar-refractivity contribution in [2.75, 3.05) is 20.1 Å². The second kappa shape index (κ2) is 12.4. The molecular formula is C24H27F5N2O3S. The number of rotatable bonds is 4. The summed E-state index contributed by atoms with van der Waals surface area (Å²) in [6.07, 6.45) is -2.85. The van der Waals surface area contributed by atoms with Crippen molar-refractivity contribution in [2.45, 2.75) is 45.8 Å². The van der Waals surface area contributed by atoms with Gasteiger partial charge in [0.05, 0.1) is 24.1 Å². The van der Waals surface area contributed by atoms with E-state index < -0.39 is 35.9 Å². The molecule has 4 rings (SSSR count). The van der Waals surface area contributed by atoms with E-state index in [4.69, 9.17) is 0 Å². The van der Waals surface area contributed by atoms with Gasteiger partial charge in [-0.3, -0.25) is 4.79 Å². The maximum atomic E-state index is 13.5. The summed E-state index contributed by atoms with van der Waals surface area (Å²) in [5.41, 5.74) is -1.42. The summed E-state index contributed by atoms with van der Waals surface area (Å²) in [6.45, 7) is 4.91. The normalized spacial score (nSPS) is 15.9. The number of fused-ring (bicyclic) bond motifs is 1. The SMILES string of the molecule is CC.CN1CCC(F)C1.O=CCn1cc(CO)c2scc(-c3ccc(F)c(C(F)(F)F)c3)c2c1=O.